The summed E-state index contributed by atoms with van der Waals surface area (Å²) in [5.41, 5.74) is 3.26. The molecular formula is C20H30N6. The number of benzene rings is 1. The second kappa shape index (κ2) is 8.36. The highest BCUT2D eigenvalue weighted by atomic mass is 15.2. The Morgan fingerprint density at radius 2 is 1.65 bits per heavy atom. The number of likely N-dealkylation sites (N-methyl/N-ethyl adjacent to an activating group) is 1. The minimum absolute atomic E-state index is 0.652. The highest BCUT2D eigenvalue weighted by molar-refractivity contribution is 5.60. The minimum Gasteiger partial charge on any atom is -0.369 e. The van der Waals surface area contributed by atoms with Gasteiger partial charge in [-0.3, -0.25) is 0 Å². The first-order valence-corrected chi connectivity index (χ1v) is 9.50. The summed E-state index contributed by atoms with van der Waals surface area (Å²) in [6.07, 6.45) is 0. The van der Waals surface area contributed by atoms with Crippen LogP contribution in [0.2, 0.25) is 0 Å². The molecule has 6 heteroatoms. The Bertz CT molecular complexity index is 703. The summed E-state index contributed by atoms with van der Waals surface area (Å²) in [5.74, 6) is 1.62. The van der Waals surface area contributed by atoms with Gasteiger partial charge in [0.15, 0.2) is 0 Å². The Hall–Kier alpha value is -2.34. The van der Waals surface area contributed by atoms with Crippen LogP contribution >= 0.6 is 0 Å². The molecule has 0 bridgehead atoms. The number of piperazine rings is 1. The summed E-state index contributed by atoms with van der Waals surface area (Å²) in [6.45, 7) is 12.6. The lowest BCUT2D eigenvalue weighted by Gasteiger charge is -2.34. The first-order chi connectivity index (χ1) is 12.6. The standard InChI is InChI=1S/C20H30N6/c1-5-25(6-2)19-15-16(3)21-20(23-19)22-17-7-9-18(10-8-17)26-13-11-24(4)12-14-26/h7-10,15H,5-6,11-14H2,1-4H3,(H,21,22,23). The third-order valence-corrected chi connectivity index (χ3v) is 4.92. The van der Waals surface area contributed by atoms with Crippen LogP contribution in [-0.2, 0) is 0 Å². The fourth-order valence-electron chi connectivity index (χ4n) is 3.27. The van der Waals surface area contributed by atoms with Crippen molar-refractivity contribution in [1.29, 1.82) is 0 Å². The highest BCUT2D eigenvalue weighted by Gasteiger charge is 2.14. The average molecular weight is 355 g/mol. The van der Waals surface area contributed by atoms with Crippen molar-refractivity contribution in [2.24, 2.45) is 0 Å². The Kier molecular flexibility index (Phi) is 5.93. The molecule has 1 N–H and O–H groups in total. The van der Waals surface area contributed by atoms with Crippen LogP contribution in [0.15, 0.2) is 30.3 Å². The van der Waals surface area contributed by atoms with Crippen LogP contribution in [0.5, 0.6) is 0 Å². The van der Waals surface area contributed by atoms with Crippen LogP contribution in [0.25, 0.3) is 0 Å². The fourth-order valence-corrected chi connectivity index (χ4v) is 3.27. The van der Waals surface area contributed by atoms with Gasteiger partial charge < -0.3 is 20.0 Å². The zero-order valence-electron chi connectivity index (χ0n) is 16.4. The molecule has 1 aromatic heterocycles. The molecule has 1 aliphatic rings. The van der Waals surface area contributed by atoms with E-state index >= 15 is 0 Å². The lowest BCUT2D eigenvalue weighted by atomic mass is 10.2. The number of rotatable bonds is 6. The molecule has 140 valence electrons. The first kappa shape index (κ1) is 18.5. The summed E-state index contributed by atoms with van der Waals surface area (Å²) < 4.78 is 0. The fraction of sp³-hybridized carbons (Fsp3) is 0.500. The first-order valence-electron chi connectivity index (χ1n) is 9.50. The molecule has 1 fully saturated rings. The van der Waals surface area contributed by atoms with Gasteiger partial charge in [-0.2, -0.15) is 4.98 Å². The van der Waals surface area contributed by atoms with Gasteiger partial charge >= 0.3 is 0 Å². The van der Waals surface area contributed by atoms with Crippen LogP contribution in [0.1, 0.15) is 19.5 Å². The van der Waals surface area contributed by atoms with Gasteiger partial charge in [0.1, 0.15) is 5.82 Å². The normalized spacial score (nSPS) is 15.2. The predicted octanol–water partition coefficient (Wildman–Crippen LogP) is 3.13. The van der Waals surface area contributed by atoms with E-state index in [4.69, 9.17) is 0 Å². The molecule has 0 spiro atoms. The molecule has 6 nitrogen and oxygen atoms in total. The van der Waals surface area contributed by atoms with Gasteiger partial charge in [0, 0.05) is 62.4 Å². The molecule has 0 atom stereocenters. The average Bonchev–Trinajstić information content (AvgIpc) is 2.64. The van der Waals surface area contributed by atoms with E-state index in [1.165, 1.54) is 5.69 Å². The molecular weight excluding hydrogens is 324 g/mol. The maximum absolute atomic E-state index is 4.68. The molecule has 2 aromatic rings. The number of hydrogen-bond donors (Lipinski definition) is 1. The summed E-state index contributed by atoms with van der Waals surface area (Å²) in [5, 5.41) is 3.35. The topological polar surface area (TPSA) is 47.5 Å². The number of nitrogens with one attached hydrogen (secondary N) is 1. The van der Waals surface area contributed by atoms with Crippen LogP contribution in [0.4, 0.5) is 23.1 Å². The van der Waals surface area contributed by atoms with Crippen LogP contribution < -0.4 is 15.1 Å². The molecule has 26 heavy (non-hydrogen) atoms. The van der Waals surface area contributed by atoms with Crippen LogP contribution in [-0.4, -0.2) is 61.2 Å². The Morgan fingerprint density at radius 1 is 1.00 bits per heavy atom. The van der Waals surface area contributed by atoms with Crippen molar-refractivity contribution in [3.63, 3.8) is 0 Å². The van der Waals surface area contributed by atoms with E-state index in [1.54, 1.807) is 0 Å². The van der Waals surface area contributed by atoms with Gasteiger partial charge in [-0.15, -0.1) is 0 Å². The number of aryl methyl sites for hydroxylation is 1. The van der Waals surface area contributed by atoms with Gasteiger partial charge in [-0.1, -0.05) is 0 Å². The molecule has 0 amide bonds. The zero-order chi connectivity index (χ0) is 18.5. The third kappa shape index (κ3) is 4.43. The lowest BCUT2D eigenvalue weighted by molar-refractivity contribution is 0.313. The number of hydrogen-bond acceptors (Lipinski definition) is 6. The lowest BCUT2D eigenvalue weighted by Crippen LogP contribution is -2.44. The third-order valence-electron chi connectivity index (χ3n) is 4.92. The van der Waals surface area contributed by atoms with Crippen molar-refractivity contribution in [3.8, 4) is 0 Å². The van der Waals surface area contributed by atoms with Crippen molar-refractivity contribution in [3.05, 3.63) is 36.0 Å². The van der Waals surface area contributed by atoms with Gasteiger partial charge in [0.05, 0.1) is 0 Å². The number of anilines is 4. The van der Waals surface area contributed by atoms with Crippen molar-refractivity contribution in [2.75, 3.05) is 61.4 Å². The number of aromatic nitrogens is 2. The molecule has 1 aliphatic heterocycles. The van der Waals surface area contributed by atoms with Gasteiger partial charge in [0.25, 0.3) is 0 Å². The Balaban J connectivity index is 1.71. The van der Waals surface area contributed by atoms with Crippen LogP contribution in [0.3, 0.4) is 0 Å². The van der Waals surface area contributed by atoms with Crippen molar-refractivity contribution in [1.82, 2.24) is 14.9 Å². The van der Waals surface area contributed by atoms with Crippen molar-refractivity contribution < 1.29 is 0 Å². The second-order valence-electron chi connectivity index (χ2n) is 6.83. The molecule has 2 heterocycles. The zero-order valence-corrected chi connectivity index (χ0v) is 16.4. The predicted molar refractivity (Wildman–Crippen MR) is 110 cm³/mol. The highest BCUT2D eigenvalue weighted by Crippen LogP contribution is 2.22. The molecule has 0 unspecified atom stereocenters. The summed E-state index contributed by atoms with van der Waals surface area (Å²) >= 11 is 0. The quantitative estimate of drug-likeness (QED) is 0.860. The molecule has 0 aliphatic carbocycles. The van der Waals surface area contributed by atoms with Crippen molar-refractivity contribution >= 4 is 23.1 Å². The largest absolute Gasteiger partial charge is 0.369 e. The summed E-state index contributed by atoms with van der Waals surface area (Å²) in [4.78, 5) is 16.3. The van der Waals surface area contributed by atoms with E-state index in [1.807, 2.05) is 13.0 Å². The molecule has 3 rings (SSSR count). The molecule has 0 saturated carbocycles. The van der Waals surface area contributed by atoms with E-state index in [0.29, 0.717) is 5.95 Å². The maximum atomic E-state index is 4.68. The Labute approximate surface area is 156 Å². The van der Waals surface area contributed by atoms with E-state index in [2.05, 4.69) is 75.1 Å². The molecule has 1 aromatic carbocycles. The van der Waals surface area contributed by atoms with Gasteiger partial charge in [0.2, 0.25) is 5.95 Å². The van der Waals surface area contributed by atoms with Gasteiger partial charge in [-0.05, 0) is 52.1 Å². The van der Waals surface area contributed by atoms with E-state index in [0.717, 1.165) is 56.5 Å². The SMILES string of the molecule is CCN(CC)c1cc(C)nc(Nc2ccc(N3CCN(C)CC3)cc2)n1. The van der Waals surface area contributed by atoms with Crippen LogP contribution in [0, 0.1) is 6.92 Å². The van der Waals surface area contributed by atoms with E-state index in [-0.39, 0.29) is 0 Å². The number of nitrogens with zero attached hydrogens (tertiary/aromatic N) is 5. The van der Waals surface area contributed by atoms with Crippen molar-refractivity contribution in [2.45, 2.75) is 20.8 Å². The van der Waals surface area contributed by atoms with E-state index in [9.17, 15) is 0 Å². The Morgan fingerprint density at radius 3 is 2.27 bits per heavy atom. The van der Waals surface area contributed by atoms with Gasteiger partial charge in [-0.25, -0.2) is 4.98 Å². The second-order valence-corrected chi connectivity index (χ2v) is 6.83. The summed E-state index contributed by atoms with van der Waals surface area (Å²) in [7, 11) is 2.18. The smallest absolute Gasteiger partial charge is 0.229 e. The minimum atomic E-state index is 0.652. The molecule has 0 radical (unpaired) electrons. The summed E-state index contributed by atoms with van der Waals surface area (Å²) in [6, 6.07) is 10.6. The monoisotopic (exact) mass is 354 g/mol. The molecule has 1 saturated heterocycles. The maximum Gasteiger partial charge on any atom is 0.229 e. The van der Waals surface area contributed by atoms with E-state index < -0.39 is 0 Å².